The molecule has 0 aliphatic carbocycles. The highest BCUT2D eigenvalue weighted by molar-refractivity contribution is 6.11. The van der Waals surface area contributed by atoms with Crippen LogP contribution in [0.15, 0.2) is 0 Å². The minimum absolute atomic E-state index is 0.0371. The third-order valence-electron chi connectivity index (χ3n) is 2.05. The molecule has 1 N–H and O–H groups in total. The van der Waals surface area contributed by atoms with Crippen molar-refractivity contribution >= 4 is 19.8 Å². The predicted molar refractivity (Wildman–Crippen MR) is 51.5 cm³/mol. The first kappa shape index (κ1) is 10.5. The predicted octanol–water partition coefficient (Wildman–Crippen LogP) is 0.0664. The number of hydrogen-bond acceptors (Lipinski definition) is 4. The van der Waals surface area contributed by atoms with Gasteiger partial charge in [-0.3, -0.25) is 9.59 Å². The summed E-state index contributed by atoms with van der Waals surface area (Å²) in [6, 6.07) is -0.521. The highest BCUT2D eigenvalue weighted by Crippen LogP contribution is 2.21. The number of esters is 1. The lowest BCUT2D eigenvalue weighted by Crippen LogP contribution is -2.24. The second kappa shape index (κ2) is 5.16. The van der Waals surface area contributed by atoms with Crippen LogP contribution in [0.4, 0.5) is 0 Å². The normalized spacial score (nSPS) is 30.9. The fraction of sp³-hybridized carbons (Fsp3) is 0.778. The minimum Gasteiger partial charge on any atom is -0.481 e. The third-order valence-corrected chi connectivity index (χ3v) is 2.05. The molecular weight excluding hydrogens is 199 g/mol. The van der Waals surface area contributed by atoms with Crippen molar-refractivity contribution in [2.24, 2.45) is 0 Å². The molecule has 1 saturated heterocycles. The van der Waals surface area contributed by atoms with Crippen molar-refractivity contribution in [3.8, 4) is 0 Å². The molecule has 1 unspecified atom stereocenters. The standard InChI is InChI=1S/C9H13BO5/c1-5-6(4-7(10)14-5)15-9(13)3-2-8(11)12/h5-7H,2-4H2,1H3,(H,11,12)/t5-,6?,7-/m1/s1/i1D. The Morgan fingerprint density at radius 1 is 1.67 bits per heavy atom. The van der Waals surface area contributed by atoms with E-state index in [4.69, 9.17) is 23.8 Å². The molecule has 6 heteroatoms. The summed E-state index contributed by atoms with van der Waals surface area (Å²) in [5.41, 5.74) is 0. The van der Waals surface area contributed by atoms with Gasteiger partial charge in [-0.2, -0.15) is 0 Å². The molecule has 0 aromatic heterocycles. The molecule has 1 fully saturated rings. The van der Waals surface area contributed by atoms with Gasteiger partial charge < -0.3 is 14.6 Å². The number of carbonyl (C=O) groups is 2. The Labute approximate surface area is 90.6 Å². The third kappa shape index (κ3) is 3.91. The van der Waals surface area contributed by atoms with Crippen LogP contribution in [0.1, 0.15) is 27.5 Å². The summed E-state index contributed by atoms with van der Waals surface area (Å²) >= 11 is 0. The number of ether oxygens (including phenoxy) is 2. The lowest BCUT2D eigenvalue weighted by molar-refractivity contribution is -0.153. The van der Waals surface area contributed by atoms with Crippen molar-refractivity contribution in [3.63, 3.8) is 0 Å². The molecule has 0 amide bonds. The second-order valence-corrected chi connectivity index (χ2v) is 3.37. The van der Waals surface area contributed by atoms with Crippen LogP contribution in [-0.4, -0.2) is 43.1 Å². The van der Waals surface area contributed by atoms with Gasteiger partial charge in [-0.05, 0) is 6.90 Å². The molecule has 15 heavy (non-hydrogen) atoms. The maximum atomic E-state index is 11.2. The van der Waals surface area contributed by atoms with Crippen LogP contribution < -0.4 is 0 Å². The Morgan fingerprint density at radius 2 is 2.40 bits per heavy atom. The van der Waals surface area contributed by atoms with E-state index in [9.17, 15) is 9.59 Å². The van der Waals surface area contributed by atoms with E-state index in [0.29, 0.717) is 6.42 Å². The molecule has 1 heterocycles. The van der Waals surface area contributed by atoms with E-state index < -0.39 is 30.1 Å². The monoisotopic (exact) mass is 213 g/mol. The van der Waals surface area contributed by atoms with E-state index in [1.165, 1.54) is 0 Å². The van der Waals surface area contributed by atoms with Crippen molar-refractivity contribution in [2.75, 3.05) is 0 Å². The van der Waals surface area contributed by atoms with Crippen LogP contribution in [0.5, 0.6) is 0 Å². The first-order valence-electron chi connectivity index (χ1n) is 5.35. The molecule has 1 aliphatic rings. The average molecular weight is 213 g/mol. The highest BCUT2D eigenvalue weighted by Gasteiger charge is 2.32. The van der Waals surface area contributed by atoms with Gasteiger partial charge in [-0.1, -0.05) is 0 Å². The van der Waals surface area contributed by atoms with Gasteiger partial charge in [-0.15, -0.1) is 0 Å². The molecule has 1 rings (SSSR count). The number of rotatable bonds is 4. The summed E-state index contributed by atoms with van der Waals surface area (Å²) in [6.45, 7) is -0.0371. The number of hydrogen-bond donors (Lipinski definition) is 1. The van der Waals surface area contributed by atoms with E-state index >= 15 is 0 Å². The number of aliphatic carboxylic acids is 1. The fourth-order valence-electron chi connectivity index (χ4n) is 1.31. The summed E-state index contributed by atoms with van der Waals surface area (Å²) in [4.78, 5) is 21.5. The summed E-state index contributed by atoms with van der Waals surface area (Å²) in [6.07, 6.45) is -1.13. The van der Waals surface area contributed by atoms with Crippen LogP contribution in [0.3, 0.4) is 0 Å². The van der Waals surface area contributed by atoms with E-state index in [1.54, 1.807) is 0 Å². The van der Waals surface area contributed by atoms with E-state index in [-0.39, 0.29) is 19.7 Å². The zero-order valence-corrected chi connectivity index (χ0v) is 8.22. The Balaban J connectivity index is 2.35. The van der Waals surface area contributed by atoms with Gasteiger partial charge in [0.1, 0.15) is 14.0 Å². The Kier molecular flexibility index (Phi) is 3.61. The lowest BCUT2D eigenvalue weighted by Gasteiger charge is -2.14. The first-order valence-corrected chi connectivity index (χ1v) is 4.64. The van der Waals surface area contributed by atoms with Crippen molar-refractivity contribution in [2.45, 2.75) is 44.4 Å². The average Bonchev–Trinajstić information content (AvgIpc) is 2.55. The zero-order chi connectivity index (χ0) is 12.1. The van der Waals surface area contributed by atoms with Gasteiger partial charge in [0, 0.05) is 13.8 Å². The largest absolute Gasteiger partial charge is 0.481 e. The van der Waals surface area contributed by atoms with Gasteiger partial charge in [0.05, 0.1) is 18.9 Å². The maximum absolute atomic E-state index is 11.2. The molecule has 2 radical (unpaired) electrons. The molecule has 5 nitrogen and oxygen atoms in total. The highest BCUT2D eigenvalue weighted by atomic mass is 16.6. The maximum Gasteiger partial charge on any atom is 0.306 e. The van der Waals surface area contributed by atoms with Crippen molar-refractivity contribution in [3.05, 3.63) is 0 Å². The van der Waals surface area contributed by atoms with Crippen LogP contribution in [0.2, 0.25) is 0 Å². The van der Waals surface area contributed by atoms with Gasteiger partial charge in [-0.25, -0.2) is 0 Å². The topological polar surface area (TPSA) is 72.8 Å². The molecule has 0 spiro atoms. The summed E-state index contributed by atoms with van der Waals surface area (Å²) in [5.74, 6) is -1.64. The van der Waals surface area contributed by atoms with Gasteiger partial charge in [0.2, 0.25) is 0 Å². The van der Waals surface area contributed by atoms with Crippen molar-refractivity contribution in [1.82, 2.24) is 0 Å². The second-order valence-electron chi connectivity index (χ2n) is 3.37. The molecule has 1 aliphatic heterocycles. The summed E-state index contributed by atoms with van der Waals surface area (Å²) in [7, 11) is 5.50. The van der Waals surface area contributed by atoms with Gasteiger partial charge in [0.25, 0.3) is 0 Å². The van der Waals surface area contributed by atoms with E-state index in [1.807, 2.05) is 0 Å². The summed E-state index contributed by atoms with van der Waals surface area (Å²) in [5, 5.41) is 8.38. The number of carboxylic acid groups (broad SMARTS) is 1. The van der Waals surface area contributed by atoms with E-state index in [2.05, 4.69) is 0 Å². The molecule has 0 aromatic carbocycles. The first-order chi connectivity index (χ1) is 7.52. The van der Waals surface area contributed by atoms with Crippen molar-refractivity contribution < 1.29 is 25.5 Å². The SMILES string of the molecule is [2H]C[C@H]1O[C@@H]([B])CC1OC(=O)CCC(=O)O. The number of carboxylic acids is 1. The van der Waals surface area contributed by atoms with Gasteiger partial charge in [0.15, 0.2) is 0 Å². The van der Waals surface area contributed by atoms with Crippen LogP contribution in [0.25, 0.3) is 0 Å². The fourth-order valence-corrected chi connectivity index (χ4v) is 1.31. The summed E-state index contributed by atoms with van der Waals surface area (Å²) < 4.78 is 17.3. The van der Waals surface area contributed by atoms with Crippen LogP contribution >= 0.6 is 0 Å². The molecule has 0 bridgehead atoms. The molecule has 0 saturated carbocycles. The molecule has 3 atom stereocenters. The molecule has 82 valence electrons. The molecular formula is C9H13BO5. The molecule has 0 aromatic rings. The van der Waals surface area contributed by atoms with Crippen molar-refractivity contribution in [1.29, 1.82) is 0 Å². The smallest absolute Gasteiger partial charge is 0.306 e. The minimum atomic E-state index is -1.05. The zero-order valence-electron chi connectivity index (χ0n) is 9.22. The van der Waals surface area contributed by atoms with Crippen LogP contribution in [-0.2, 0) is 19.1 Å². The van der Waals surface area contributed by atoms with Gasteiger partial charge >= 0.3 is 11.9 Å². The lowest BCUT2D eigenvalue weighted by atomic mass is 9.96. The number of carbonyl (C=O) groups excluding carboxylic acids is 1. The quantitative estimate of drug-likeness (QED) is 0.528. The Hall–Kier alpha value is -1.04. The van der Waals surface area contributed by atoms with E-state index in [0.717, 1.165) is 0 Å². The Morgan fingerprint density at radius 3 is 3.00 bits per heavy atom. The Bertz CT molecular complexity index is 273. The van der Waals surface area contributed by atoms with Crippen LogP contribution in [0, 0.1) is 0 Å².